The standard InChI is InChI=1S/C48H64N10O12P2/c1-48(2)35-25-29(55(3)4)18-20-33(35)39(34-21-19-30(56(5)6)26-36(34)48)31-15-10-11-16-32(31)45(61)57(7)24-14-17-38(59)50-22-12-8-9-13-23-51-47-54-40-43(49)52-28-53-44(40)58(47)46-42(70-72(65,66)67)41(60)37(69-46)27-68-71(62,63)64/h10-11,15-16,18-21,25-26,28,37,41-42,46,49,60H,8-9,12-14,17,22-24,27H2,1-7H3,(H6,50,59,61,62,63,64,65,66,67)/t37-,41-,42-,46-/m1/s1. The number of nitrogens with zero attached hydrogens (tertiary/aromatic N) is 7. The normalized spacial score (nSPS) is 20.2. The van der Waals surface area contributed by atoms with Crippen LogP contribution in [-0.2, 0) is 33.1 Å². The molecule has 2 aliphatic carbocycles. The van der Waals surface area contributed by atoms with E-state index >= 15 is 0 Å². The van der Waals surface area contributed by atoms with E-state index in [9.17, 15) is 38.5 Å². The van der Waals surface area contributed by atoms with Gasteiger partial charge in [0.2, 0.25) is 11.9 Å². The molecule has 8 N–H and O–H groups in total. The highest BCUT2D eigenvalue weighted by atomic mass is 31.2. The largest absolute Gasteiger partial charge is 0.756 e. The van der Waals surface area contributed by atoms with Gasteiger partial charge in [-0.1, -0.05) is 51.0 Å². The van der Waals surface area contributed by atoms with Gasteiger partial charge < -0.3 is 60.1 Å². The van der Waals surface area contributed by atoms with Crippen molar-refractivity contribution in [1.29, 1.82) is 0 Å². The van der Waals surface area contributed by atoms with E-state index in [4.69, 9.17) is 19.9 Å². The Bertz CT molecular complexity index is 2920. The highest BCUT2D eigenvalue weighted by Gasteiger charge is 2.50. The quantitative estimate of drug-likeness (QED) is 0.0356. The number of carbonyl (C=O) groups is 2. The van der Waals surface area contributed by atoms with Crippen LogP contribution in [0.15, 0.2) is 78.2 Å². The van der Waals surface area contributed by atoms with Crippen molar-refractivity contribution in [3.63, 3.8) is 0 Å². The number of nitrogens with one attached hydrogen (secondary N) is 2. The van der Waals surface area contributed by atoms with Gasteiger partial charge in [0.25, 0.3) is 13.7 Å². The number of unbranched alkanes of at least 4 members (excludes halogenated alkanes) is 3. The van der Waals surface area contributed by atoms with E-state index < -0.39 is 46.8 Å². The molecule has 1 unspecified atom stereocenters. The lowest BCUT2D eigenvalue weighted by atomic mass is 9.64. The van der Waals surface area contributed by atoms with Crippen LogP contribution in [0.3, 0.4) is 0 Å². The van der Waals surface area contributed by atoms with Gasteiger partial charge in [0.05, 0.1) is 6.61 Å². The van der Waals surface area contributed by atoms with Crippen molar-refractivity contribution in [2.24, 2.45) is 0 Å². The first kappa shape index (κ1) is 54.1. The predicted molar refractivity (Wildman–Crippen MR) is 269 cm³/mol. The summed E-state index contributed by atoms with van der Waals surface area (Å²) in [7, 11) is -0.613. The zero-order chi connectivity index (χ0) is 52.3. The van der Waals surface area contributed by atoms with Crippen LogP contribution in [-0.4, -0.2) is 146 Å². The predicted octanol–water partition coefficient (Wildman–Crippen LogP) is 3.63. The number of ether oxygens (including phenoxy) is 1. The number of aliphatic hydroxyl groups is 1. The molecule has 4 aromatic rings. The molecule has 1 fully saturated rings. The number of allylic oxidation sites excluding steroid dienone is 5. The topological polar surface area (TPSA) is 303 Å². The van der Waals surface area contributed by atoms with Crippen molar-refractivity contribution in [2.45, 2.75) is 82.3 Å². The third kappa shape index (κ3) is 12.2. The number of anilines is 3. The monoisotopic (exact) mass is 1030 g/mol. The highest BCUT2D eigenvalue weighted by molar-refractivity contribution is 7.46. The summed E-state index contributed by atoms with van der Waals surface area (Å²) in [5.74, 6) is -0.211. The number of carbonyl (C=O) groups excluding carboxylic acids is 2. The Kier molecular flexibility index (Phi) is 16.7. The molecular weight excluding hydrogens is 971 g/mol. The van der Waals surface area contributed by atoms with Crippen LogP contribution < -0.4 is 26.2 Å². The number of hydrogen-bond acceptors (Lipinski definition) is 15. The van der Waals surface area contributed by atoms with Gasteiger partial charge in [-0.25, -0.2) is 24.1 Å². The molecule has 0 spiro atoms. The first-order valence-corrected chi connectivity index (χ1v) is 26.6. The van der Waals surface area contributed by atoms with Crippen LogP contribution in [0.5, 0.6) is 0 Å². The first-order chi connectivity index (χ1) is 34.0. The first-order valence-electron chi connectivity index (χ1n) is 23.6. The summed E-state index contributed by atoms with van der Waals surface area (Å²) in [6.07, 6.45) is 4.50. The van der Waals surface area contributed by atoms with Crippen molar-refractivity contribution in [3.8, 4) is 0 Å². The molecule has 5 atom stereocenters. The van der Waals surface area contributed by atoms with Gasteiger partial charge in [-0.15, -0.1) is 0 Å². The van der Waals surface area contributed by atoms with Crippen molar-refractivity contribution in [3.05, 3.63) is 100 Å². The van der Waals surface area contributed by atoms with Crippen molar-refractivity contribution < 1.29 is 61.8 Å². The van der Waals surface area contributed by atoms with Crippen LogP contribution in [0.4, 0.5) is 17.5 Å². The third-order valence-corrected chi connectivity index (χ3v) is 14.0. The van der Waals surface area contributed by atoms with Gasteiger partial charge in [0.1, 0.15) is 38.7 Å². The summed E-state index contributed by atoms with van der Waals surface area (Å²) in [6, 6.07) is 14.3. The lowest BCUT2D eigenvalue weighted by Gasteiger charge is -2.39. The molecule has 1 saturated heterocycles. The minimum atomic E-state index is -5.26. The number of aromatic nitrogens is 4. The minimum absolute atomic E-state index is 0.0290. The molecule has 388 valence electrons. The second kappa shape index (κ2) is 22.2. The lowest BCUT2D eigenvalue weighted by Crippen LogP contribution is -2.35. The molecule has 2 amide bonds. The van der Waals surface area contributed by atoms with Gasteiger partial charge >= 0.3 is 7.82 Å². The Morgan fingerprint density at radius 3 is 2.40 bits per heavy atom. The van der Waals surface area contributed by atoms with Crippen molar-refractivity contribution in [1.82, 2.24) is 29.7 Å². The van der Waals surface area contributed by atoms with Crippen LogP contribution in [0, 0.1) is 0 Å². The van der Waals surface area contributed by atoms with E-state index in [2.05, 4.69) is 89.9 Å². The fraction of sp³-hybridized carbons (Fsp3) is 0.458. The molecular formula is C48H64N10O12P2. The van der Waals surface area contributed by atoms with Crippen LogP contribution in [0.2, 0.25) is 0 Å². The van der Waals surface area contributed by atoms with E-state index in [1.807, 2.05) is 52.5 Å². The van der Waals surface area contributed by atoms with Crippen LogP contribution >= 0.6 is 15.6 Å². The summed E-state index contributed by atoms with van der Waals surface area (Å²) >= 11 is 0. The zero-order valence-electron chi connectivity index (χ0n) is 41.4. The molecule has 2 aromatic heterocycles. The summed E-state index contributed by atoms with van der Waals surface area (Å²) in [5.41, 5.74) is 15.1. The number of imidazole rings is 1. The second-order valence-electron chi connectivity index (χ2n) is 18.9. The fourth-order valence-corrected chi connectivity index (χ4v) is 10.1. The Hall–Kier alpha value is -5.64. The molecule has 0 bridgehead atoms. The average Bonchev–Trinajstić information content (AvgIpc) is 3.83. The van der Waals surface area contributed by atoms with Crippen molar-refractivity contribution >= 4 is 67.4 Å². The van der Waals surface area contributed by atoms with Gasteiger partial charge in [0, 0.05) is 76.0 Å². The van der Waals surface area contributed by atoms with E-state index in [1.165, 1.54) is 15.7 Å². The molecule has 22 nitrogen and oxygen atoms in total. The number of phosphoric acid groups is 2. The Morgan fingerprint density at radius 1 is 0.986 bits per heavy atom. The maximum absolute atomic E-state index is 14.3. The molecule has 0 radical (unpaired) electrons. The molecule has 72 heavy (non-hydrogen) atoms. The number of nitrogen functional groups attached to an aromatic ring is 1. The Balaban J connectivity index is 0.913. The number of rotatable bonds is 21. The minimum Gasteiger partial charge on any atom is -0.756 e. The average molecular weight is 1040 g/mol. The van der Waals surface area contributed by atoms with Crippen LogP contribution in [0.1, 0.15) is 85.6 Å². The van der Waals surface area contributed by atoms with Crippen molar-refractivity contribution in [2.75, 3.05) is 77.4 Å². The SMILES string of the molecule is CN(CCCC(=O)NCCCCCCNc1nc2c(N)ncnc2n1[C@@H]1O[C@H](COP(=O)([O-])O)[C@@H](O)[C@H]1OP(=O)(O)O)C(=O)c1ccccc1C1=C2C=CC(=[N+](C)C)C=C2C(C)(C)c2cc(N(C)C)ccc21. The highest BCUT2D eigenvalue weighted by Crippen LogP contribution is 2.51. The smallest absolute Gasteiger partial charge is 0.470 e. The van der Waals surface area contributed by atoms with E-state index in [0.717, 1.165) is 52.8 Å². The molecule has 24 heteroatoms. The molecule has 2 aromatic carbocycles. The third-order valence-electron chi connectivity index (χ3n) is 13.0. The van der Waals surface area contributed by atoms with Gasteiger partial charge in [-0.3, -0.25) is 23.2 Å². The maximum Gasteiger partial charge on any atom is 0.470 e. The fourth-order valence-electron chi connectivity index (χ4n) is 9.26. The summed E-state index contributed by atoms with van der Waals surface area (Å²) in [6.45, 7) is 4.78. The number of aliphatic hydroxyl groups excluding tert-OH is 1. The number of fused-ring (bicyclic) bond motifs is 3. The van der Waals surface area contributed by atoms with Gasteiger partial charge in [-0.05, 0) is 76.9 Å². The zero-order valence-corrected chi connectivity index (χ0v) is 43.2. The number of benzene rings is 2. The summed E-state index contributed by atoms with van der Waals surface area (Å²) in [4.78, 5) is 83.2. The van der Waals surface area contributed by atoms with E-state index in [1.54, 1.807) is 11.9 Å². The Morgan fingerprint density at radius 2 is 1.71 bits per heavy atom. The summed E-state index contributed by atoms with van der Waals surface area (Å²) in [5, 5.41) is 17.0. The second-order valence-corrected chi connectivity index (χ2v) is 21.3. The van der Waals surface area contributed by atoms with E-state index in [0.29, 0.717) is 44.5 Å². The van der Waals surface area contributed by atoms with E-state index in [-0.39, 0.29) is 46.6 Å². The van der Waals surface area contributed by atoms with Crippen LogP contribution in [0.25, 0.3) is 16.7 Å². The molecule has 0 saturated carbocycles. The lowest BCUT2D eigenvalue weighted by molar-refractivity contribution is -0.462. The summed E-state index contributed by atoms with van der Waals surface area (Å²) < 4.78 is 41.6. The Labute approximate surface area is 417 Å². The maximum atomic E-state index is 14.3. The molecule has 1 aliphatic heterocycles. The number of phosphoric ester groups is 2. The number of hydrogen-bond donors (Lipinski definition) is 7. The molecule has 3 aliphatic rings. The molecule has 7 rings (SSSR count). The molecule has 3 heterocycles. The van der Waals surface area contributed by atoms with Gasteiger partial charge in [-0.2, -0.15) is 0 Å². The number of amides is 2. The number of nitrogens with two attached hydrogens (primary N) is 1. The van der Waals surface area contributed by atoms with Gasteiger partial charge in [0.15, 0.2) is 28.9 Å².